The van der Waals surface area contributed by atoms with Gasteiger partial charge in [-0.25, -0.2) is 14.4 Å². The number of aromatic hydroxyl groups is 1. The Morgan fingerprint density at radius 2 is 1.69 bits per heavy atom. The van der Waals surface area contributed by atoms with Gasteiger partial charge in [-0.05, 0) is 61.2 Å². The van der Waals surface area contributed by atoms with E-state index in [1.165, 1.54) is 0 Å². The number of alkyl halides is 1. The molecule has 0 saturated carbocycles. The molecule has 0 amide bonds. The van der Waals surface area contributed by atoms with Gasteiger partial charge in [0.1, 0.15) is 41.3 Å². The zero-order valence-electron chi connectivity index (χ0n) is 30.9. The van der Waals surface area contributed by atoms with Gasteiger partial charge in [-0.3, -0.25) is 4.90 Å². The molecule has 6 aromatic rings. The minimum atomic E-state index is -1.11. The van der Waals surface area contributed by atoms with Gasteiger partial charge in [0.15, 0.2) is 0 Å². The predicted molar refractivity (Wildman–Crippen MR) is 204 cm³/mol. The molecule has 14 heteroatoms. The van der Waals surface area contributed by atoms with Gasteiger partial charge >= 0.3 is 0 Å². The average Bonchev–Trinajstić information content (AvgIpc) is 4.02. The highest BCUT2D eigenvalue weighted by molar-refractivity contribution is 5.92. The Hall–Kier alpha value is -5.25. The summed E-state index contributed by atoms with van der Waals surface area (Å²) in [7, 11) is 1.56. The molecule has 6 heterocycles. The standard InChI is InChI=1S/C41H45FN8O5/c1-21(2)37(43)40(52)48-10-4-5-33(48)38-44-19-31(46-38)23-6-8-29-34-14-24-11-22(30-18-45-39(47-30)35-16-26(42)20-49(35)53)7-9-32(24)50(34)41(55-36(29)15-23)25-12-27(51)17-28(13-25)54-3/h6-9,11-15,17-19,21,26,33,35,37,40-41,51-53H,4-5,10,16,20,43H2,1-3H3,(H,44,46)(H,45,47)/t26-,33+,35+,37+,40?,41?/m1/s1. The number of nitrogens with two attached hydrogens (primary N) is 1. The molecule has 0 radical (unpaired) electrons. The molecule has 3 aliphatic rings. The Morgan fingerprint density at radius 1 is 0.964 bits per heavy atom. The summed E-state index contributed by atoms with van der Waals surface area (Å²) in [4.78, 5) is 18.1. The maximum Gasteiger partial charge on any atom is 0.203 e. The topological polar surface area (TPSA) is 174 Å². The second-order valence-electron chi connectivity index (χ2n) is 15.3. The van der Waals surface area contributed by atoms with Gasteiger partial charge in [0.05, 0.1) is 60.7 Å². The lowest BCUT2D eigenvalue weighted by molar-refractivity contribution is -0.108. The van der Waals surface area contributed by atoms with Crippen molar-refractivity contribution in [3.05, 3.63) is 90.3 Å². The number of nitrogens with zero attached hydrogens (tertiary/aromatic N) is 5. The molecule has 0 spiro atoms. The van der Waals surface area contributed by atoms with Gasteiger partial charge < -0.3 is 45.2 Å². The summed E-state index contributed by atoms with van der Waals surface area (Å²) in [5.41, 5.74) is 13.1. The van der Waals surface area contributed by atoms with Crippen LogP contribution in [0.25, 0.3) is 44.7 Å². The summed E-state index contributed by atoms with van der Waals surface area (Å²) in [6.45, 7) is 4.74. The van der Waals surface area contributed by atoms with Crippen molar-refractivity contribution in [2.24, 2.45) is 11.7 Å². The summed E-state index contributed by atoms with van der Waals surface area (Å²) >= 11 is 0. The highest BCUT2D eigenvalue weighted by atomic mass is 19.1. The Morgan fingerprint density at radius 3 is 2.40 bits per heavy atom. The molecule has 3 aromatic carbocycles. The van der Waals surface area contributed by atoms with Crippen LogP contribution >= 0.6 is 0 Å². The highest BCUT2D eigenvalue weighted by Crippen LogP contribution is 2.47. The van der Waals surface area contributed by atoms with Crippen LogP contribution in [0.15, 0.2) is 73.1 Å². The van der Waals surface area contributed by atoms with E-state index in [2.05, 4.69) is 31.7 Å². The summed E-state index contributed by atoms with van der Waals surface area (Å²) in [6.07, 6.45) is 3.00. The lowest BCUT2D eigenvalue weighted by Crippen LogP contribution is -2.50. The number of halogens is 1. The molecule has 0 aliphatic carbocycles. The number of H-pyrrole nitrogens is 2. The van der Waals surface area contributed by atoms with E-state index in [4.69, 9.17) is 20.2 Å². The summed E-state index contributed by atoms with van der Waals surface area (Å²) in [5, 5.41) is 34.0. The number of hydrogen-bond donors (Lipinski definition) is 6. The van der Waals surface area contributed by atoms with Crippen molar-refractivity contribution in [3.8, 4) is 51.0 Å². The molecule has 13 nitrogen and oxygen atoms in total. The smallest absolute Gasteiger partial charge is 0.203 e. The number of aliphatic hydroxyl groups is 1. The third-order valence-corrected chi connectivity index (χ3v) is 11.4. The lowest BCUT2D eigenvalue weighted by atomic mass is 10.0. The summed E-state index contributed by atoms with van der Waals surface area (Å²) < 4.78 is 28.5. The van der Waals surface area contributed by atoms with Crippen LogP contribution in [0.5, 0.6) is 17.2 Å². The third kappa shape index (κ3) is 6.23. The maximum atomic E-state index is 14.0. The highest BCUT2D eigenvalue weighted by Gasteiger charge is 2.37. The van der Waals surface area contributed by atoms with Gasteiger partial charge in [-0.15, -0.1) is 0 Å². The number of nitrogens with one attached hydrogen (secondary N) is 2. The number of phenolic OH excluding ortho intramolecular Hbond substituents is 1. The van der Waals surface area contributed by atoms with Crippen molar-refractivity contribution < 1.29 is 29.3 Å². The number of fused-ring (bicyclic) bond motifs is 5. The van der Waals surface area contributed by atoms with E-state index >= 15 is 0 Å². The molecule has 0 bridgehead atoms. The maximum absolute atomic E-state index is 14.0. The van der Waals surface area contributed by atoms with Crippen LogP contribution in [0, 0.1) is 5.92 Å². The Bertz CT molecular complexity index is 2370. The largest absolute Gasteiger partial charge is 0.508 e. The summed E-state index contributed by atoms with van der Waals surface area (Å²) in [6, 6.07) is 18.4. The first-order chi connectivity index (χ1) is 26.6. The summed E-state index contributed by atoms with van der Waals surface area (Å²) in [5.74, 6) is 2.66. The molecule has 6 atom stereocenters. The van der Waals surface area contributed by atoms with Crippen LogP contribution in [0.1, 0.15) is 68.6 Å². The quantitative estimate of drug-likeness (QED) is 0.0939. The molecule has 55 heavy (non-hydrogen) atoms. The van der Waals surface area contributed by atoms with Crippen LogP contribution in [0.4, 0.5) is 4.39 Å². The van der Waals surface area contributed by atoms with Crippen molar-refractivity contribution in [2.45, 2.75) is 69.9 Å². The van der Waals surface area contributed by atoms with Gasteiger partial charge in [0.2, 0.25) is 6.23 Å². The number of rotatable bonds is 9. The number of aromatic amines is 2. The van der Waals surface area contributed by atoms with E-state index in [1.807, 2.05) is 61.3 Å². The number of aliphatic hydroxyl groups excluding tert-OH is 1. The fourth-order valence-corrected chi connectivity index (χ4v) is 8.41. The second kappa shape index (κ2) is 13.8. The molecule has 286 valence electrons. The van der Waals surface area contributed by atoms with E-state index in [0.29, 0.717) is 22.9 Å². The monoisotopic (exact) mass is 748 g/mol. The van der Waals surface area contributed by atoms with Gasteiger partial charge in [0.25, 0.3) is 0 Å². The van der Waals surface area contributed by atoms with E-state index in [0.717, 1.165) is 74.9 Å². The number of benzene rings is 3. The van der Waals surface area contributed by atoms with Crippen LogP contribution in [-0.4, -0.2) is 88.5 Å². The predicted octanol–water partition coefficient (Wildman–Crippen LogP) is 6.65. The van der Waals surface area contributed by atoms with Gasteiger partial charge in [0, 0.05) is 52.7 Å². The van der Waals surface area contributed by atoms with Crippen molar-refractivity contribution in [1.82, 2.24) is 34.5 Å². The first-order valence-electron chi connectivity index (χ1n) is 18.8. The number of methoxy groups -OCH3 is 1. The van der Waals surface area contributed by atoms with E-state index in [1.54, 1.807) is 25.4 Å². The van der Waals surface area contributed by atoms with Gasteiger partial charge in [-0.1, -0.05) is 26.0 Å². The molecular weight excluding hydrogens is 704 g/mol. The molecule has 7 N–H and O–H groups in total. The van der Waals surface area contributed by atoms with Crippen LogP contribution < -0.4 is 15.2 Å². The number of phenols is 1. The fraction of sp³-hybridized carbons (Fsp3) is 0.366. The first kappa shape index (κ1) is 35.5. The van der Waals surface area contributed by atoms with Crippen molar-refractivity contribution in [1.29, 1.82) is 0 Å². The lowest BCUT2D eigenvalue weighted by Gasteiger charge is -2.33. The fourth-order valence-electron chi connectivity index (χ4n) is 8.41. The number of ether oxygens (including phenoxy) is 2. The number of hydroxylamine groups is 2. The normalized spacial score (nSPS) is 22.5. The molecule has 2 saturated heterocycles. The molecule has 9 rings (SSSR count). The SMILES string of the molecule is COc1cc(O)cc(C2Oc3cc(-c4cnc([C@@H]5CCCN5C(O)[C@@H](N)C(C)C)[nH]4)ccc3-c3cc4cc(-c5cnc([C@@H]6C[C@@H](F)CN6O)[nH]5)ccc4n32)c1. The average molecular weight is 749 g/mol. The van der Waals surface area contributed by atoms with E-state index in [9.17, 15) is 19.8 Å². The number of imidazole rings is 2. The van der Waals surface area contributed by atoms with E-state index < -0.39 is 24.7 Å². The number of hydrogen-bond acceptors (Lipinski definition) is 10. The van der Waals surface area contributed by atoms with Crippen LogP contribution in [-0.2, 0) is 0 Å². The minimum absolute atomic E-state index is 0.0402. The Balaban J connectivity index is 1.09. The molecule has 3 aromatic heterocycles. The molecular formula is C41H45FN8O5. The Kier molecular flexibility index (Phi) is 8.89. The zero-order valence-corrected chi connectivity index (χ0v) is 30.9. The zero-order chi connectivity index (χ0) is 38.1. The Labute approximate surface area is 317 Å². The molecule has 2 unspecified atom stereocenters. The second-order valence-corrected chi connectivity index (χ2v) is 15.3. The van der Waals surface area contributed by atoms with Crippen LogP contribution in [0.2, 0.25) is 0 Å². The van der Waals surface area contributed by atoms with Crippen LogP contribution in [0.3, 0.4) is 0 Å². The van der Waals surface area contributed by atoms with Gasteiger partial charge in [-0.2, -0.15) is 5.06 Å². The van der Waals surface area contributed by atoms with E-state index in [-0.39, 0.29) is 36.7 Å². The number of aromatic nitrogens is 5. The third-order valence-electron chi connectivity index (χ3n) is 11.4. The van der Waals surface area contributed by atoms with Crippen molar-refractivity contribution in [3.63, 3.8) is 0 Å². The molecule has 3 aliphatic heterocycles. The van der Waals surface area contributed by atoms with Crippen molar-refractivity contribution >= 4 is 10.9 Å². The minimum Gasteiger partial charge on any atom is -0.508 e. The molecule has 2 fully saturated rings. The first-order valence-corrected chi connectivity index (χ1v) is 18.8. The number of likely N-dealkylation sites (tertiary alicyclic amines) is 1. The van der Waals surface area contributed by atoms with Crippen molar-refractivity contribution in [2.75, 3.05) is 20.2 Å².